The van der Waals surface area contributed by atoms with Crippen LogP contribution in [0.4, 0.5) is 0 Å². The van der Waals surface area contributed by atoms with E-state index in [1.165, 1.54) is 6.08 Å². The number of rotatable bonds is 3. The van der Waals surface area contributed by atoms with E-state index in [4.69, 9.17) is 28.9 Å². The molecule has 0 spiro atoms. The van der Waals surface area contributed by atoms with Gasteiger partial charge in [-0.2, -0.15) is 8.42 Å². The fourth-order valence-electron chi connectivity index (χ4n) is 1.09. The summed E-state index contributed by atoms with van der Waals surface area (Å²) in [5.74, 6) is 0.0521. The topological polar surface area (TPSA) is 72.5 Å². The molecule has 0 aliphatic carbocycles. The van der Waals surface area contributed by atoms with Crippen LogP contribution in [0.2, 0.25) is 10.0 Å². The summed E-state index contributed by atoms with van der Waals surface area (Å²) in [7, 11) is -3.78. The molecular weight excluding hydrogens is 319 g/mol. The molecule has 0 aliphatic rings. The van der Waals surface area contributed by atoms with Crippen LogP contribution in [0.25, 0.3) is 6.08 Å². The van der Waals surface area contributed by atoms with Gasteiger partial charge in [0.25, 0.3) is 10.0 Å². The number of amidine groups is 1. The second-order valence-electron chi connectivity index (χ2n) is 5.22. The van der Waals surface area contributed by atoms with Gasteiger partial charge in [0.05, 0.1) is 15.5 Å². The van der Waals surface area contributed by atoms with Crippen molar-refractivity contribution in [2.45, 2.75) is 20.8 Å². The maximum absolute atomic E-state index is 11.8. The summed E-state index contributed by atoms with van der Waals surface area (Å²) in [5, 5.41) is 1.73. The quantitative estimate of drug-likeness (QED) is 0.676. The predicted molar refractivity (Wildman–Crippen MR) is 85.5 cm³/mol. The third-order valence-electron chi connectivity index (χ3n) is 2.37. The van der Waals surface area contributed by atoms with Crippen molar-refractivity contribution in [2.75, 3.05) is 0 Å². The molecule has 0 bridgehead atoms. The van der Waals surface area contributed by atoms with Crippen LogP contribution in [-0.4, -0.2) is 14.3 Å². The van der Waals surface area contributed by atoms with Gasteiger partial charge in [0.15, 0.2) is 0 Å². The highest BCUT2D eigenvalue weighted by Gasteiger charge is 2.18. The normalized spacial score (nSPS) is 13.9. The molecule has 0 unspecified atom stereocenters. The maximum atomic E-state index is 11.8. The van der Waals surface area contributed by atoms with Crippen molar-refractivity contribution in [3.8, 4) is 0 Å². The summed E-state index contributed by atoms with van der Waals surface area (Å²) in [4.78, 5) is 0. The predicted octanol–water partition coefficient (Wildman–Crippen LogP) is 3.70. The van der Waals surface area contributed by atoms with Gasteiger partial charge in [-0.3, -0.25) is 0 Å². The van der Waals surface area contributed by atoms with Crippen molar-refractivity contribution >= 4 is 45.1 Å². The largest absolute Gasteiger partial charge is 0.386 e. The van der Waals surface area contributed by atoms with Crippen LogP contribution in [0, 0.1) is 5.41 Å². The van der Waals surface area contributed by atoms with Gasteiger partial charge in [-0.1, -0.05) is 50.0 Å². The highest BCUT2D eigenvalue weighted by atomic mass is 35.5. The third kappa shape index (κ3) is 5.15. The summed E-state index contributed by atoms with van der Waals surface area (Å²) in [6, 6.07) is 4.80. The van der Waals surface area contributed by atoms with E-state index in [-0.39, 0.29) is 5.84 Å². The van der Waals surface area contributed by atoms with E-state index in [2.05, 4.69) is 4.40 Å². The van der Waals surface area contributed by atoms with Crippen molar-refractivity contribution in [1.29, 1.82) is 0 Å². The Kier molecular flexibility index (Phi) is 5.24. The zero-order valence-electron chi connectivity index (χ0n) is 11.4. The van der Waals surface area contributed by atoms with Gasteiger partial charge in [0, 0.05) is 5.41 Å². The first kappa shape index (κ1) is 17.0. The van der Waals surface area contributed by atoms with Crippen molar-refractivity contribution in [1.82, 2.24) is 0 Å². The van der Waals surface area contributed by atoms with Gasteiger partial charge in [0.2, 0.25) is 0 Å². The Morgan fingerprint density at radius 3 is 2.35 bits per heavy atom. The van der Waals surface area contributed by atoms with E-state index in [0.29, 0.717) is 15.6 Å². The van der Waals surface area contributed by atoms with Crippen molar-refractivity contribution in [3.63, 3.8) is 0 Å². The van der Waals surface area contributed by atoms with E-state index in [9.17, 15) is 8.42 Å². The van der Waals surface area contributed by atoms with Crippen molar-refractivity contribution in [3.05, 3.63) is 39.2 Å². The van der Waals surface area contributed by atoms with E-state index in [1.54, 1.807) is 39.0 Å². The standard InChI is InChI=1S/C13H16Cl2N2O2S/c1-13(2,3)12(16)17-20(18,19)7-6-9-4-5-10(14)11(15)8-9/h4-8H,1-3H3,(H2,16,17)/b7-6+. The Balaban J connectivity index is 3.02. The van der Waals surface area contributed by atoms with Crippen LogP contribution >= 0.6 is 23.2 Å². The van der Waals surface area contributed by atoms with Gasteiger partial charge in [-0.05, 0) is 23.8 Å². The minimum absolute atomic E-state index is 0.0521. The Bertz CT molecular complexity index is 659. The molecule has 0 amide bonds. The molecule has 1 rings (SSSR count). The molecule has 0 fully saturated rings. The molecule has 0 saturated heterocycles. The average Bonchev–Trinajstić information content (AvgIpc) is 2.29. The van der Waals surface area contributed by atoms with Crippen molar-refractivity contribution < 1.29 is 8.42 Å². The van der Waals surface area contributed by atoms with E-state index >= 15 is 0 Å². The number of hydrogen-bond donors (Lipinski definition) is 1. The Labute approximate surface area is 129 Å². The molecule has 20 heavy (non-hydrogen) atoms. The van der Waals surface area contributed by atoms with E-state index < -0.39 is 15.4 Å². The lowest BCUT2D eigenvalue weighted by Crippen LogP contribution is -2.29. The Morgan fingerprint density at radius 1 is 1.25 bits per heavy atom. The number of hydrogen-bond acceptors (Lipinski definition) is 2. The van der Waals surface area contributed by atoms with Gasteiger partial charge < -0.3 is 5.73 Å². The van der Waals surface area contributed by atoms with Gasteiger partial charge in [-0.25, -0.2) is 0 Å². The molecule has 2 N–H and O–H groups in total. The average molecular weight is 335 g/mol. The minimum Gasteiger partial charge on any atom is -0.386 e. The third-order valence-corrected chi connectivity index (χ3v) is 4.04. The first-order chi connectivity index (χ1) is 9.01. The SMILES string of the molecule is CC(C)(C)/C(N)=N/S(=O)(=O)/C=C/c1ccc(Cl)c(Cl)c1. The molecule has 7 heteroatoms. The van der Waals surface area contributed by atoms with Crippen molar-refractivity contribution in [2.24, 2.45) is 15.5 Å². The highest BCUT2D eigenvalue weighted by Crippen LogP contribution is 2.23. The summed E-state index contributed by atoms with van der Waals surface area (Å²) in [6.45, 7) is 5.35. The molecule has 0 saturated carbocycles. The highest BCUT2D eigenvalue weighted by molar-refractivity contribution is 7.93. The van der Waals surface area contributed by atoms with E-state index in [1.807, 2.05) is 0 Å². The summed E-state index contributed by atoms with van der Waals surface area (Å²) in [6.07, 6.45) is 1.39. The number of sulfonamides is 1. The maximum Gasteiger partial charge on any atom is 0.277 e. The van der Waals surface area contributed by atoms with Crippen LogP contribution in [0.1, 0.15) is 26.3 Å². The molecular formula is C13H16Cl2N2O2S. The Morgan fingerprint density at radius 2 is 1.85 bits per heavy atom. The van der Waals surface area contributed by atoms with Crippen LogP contribution < -0.4 is 5.73 Å². The second kappa shape index (κ2) is 6.16. The van der Waals surface area contributed by atoms with Gasteiger partial charge >= 0.3 is 0 Å². The van der Waals surface area contributed by atoms with Crippen LogP contribution in [0.3, 0.4) is 0 Å². The number of nitrogens with two attached hydrogens (primary N) is 1. The zero-order valence-corrected chi connectivity index (χ0v) is 13.7. The molecule has 0 atom stereocenters. The first-order valence-corrected chi connectivity index (χ1v) is 8.01. The second-order valence-corrected chi connectivity index (χ2v) is 7.52. The van der Waals surface area contributed by atoms with Gasteiger partial charge in [0.1, 0.15) is 5.84 Å². The monoisotopic (exact) mass is 334 g/mol. The molecule has 0 radical (unpaired) electrons. The minimum atomic E-state index is -3.78. The lowest BCUT2D eigenvalue weighted by molar-refractivity contribution is 0.580. The number of benzene rings is 1. The lowest BCUT2D eigenvalue weighted by Gasteiger charge is -2.16. The number of halogens is 2. The lowest BCUT2D eigenvalue weighted by atomic mass is 9.96. The Hall–Kier alpha value is -1.04. The summed E-state index contributed by atoms with van der Waals surface area (Å²) < 4.78 is 27.2. The summed E-state index contributed by atoms with van der Waals surface area (Å²) >= 11 is 11.6. The van der Waals surface area contributed by atoms with Crippen LogP contribution in [0.5, 0.6) is 0 Å². The molecule has 0 aliphatic heterocycles. The fourth-order valence-corrected chi connectivity index (χ4v) is 2.33. The van der Waals surface area contributed by atoms with Crippen LogP contribution in [0.15, 0.2) is 28.0 Å². The molecule has 110 valence electrons. The zero-order chi connectivity index (χ0) is 15.6. The molecule has 0 aromatic heterocycles. The first-order valence-electron chi connectivity index (χ1n) is 5.75. The van der Waals surface area contributed by atoms with Gasteiger partial charge in [-0.15, -0.1) is 4.40 Å². The fraction of sp³-hybridized carbons (Fsp3) is 0.308. The summed E-state index contributed by atoms with van der Waals surface area (Å²) in [5.41, 5.74) is 5.74. The molecule has 0 heterocycles. The molecule has 1 aromatic rings. The molecule has 4 nitrogen and oxygen atoms in total. The van der Waals surface area contributed by atoms with E-state index in [0.717, 1.165) is 5.41 Å². The smallest absolute Gasteiger partial charge is 0.277 e. The van der Waals surface area contributed by atoms with Crippen LogP contribution in [-0.2, 0) is 10.0 Å². The number of nitrogens with zero attached hydrogens (tertiary/aromatic N) is 1. The molecule has 1 aromatic carbocycles.